The molecule has 2 aromatic rings. The molecular formula is C22H26N2O. The van der Waals surface area contributed by atoms with E-state index >= 15 is 0 Å². The summed E-state index contributed by atoms with van der Waals surface area (Å²) in [7, 11) is 0. The van der Waals surface area contributed by atoms with Crippen molar-refractivity contribution in [3.63, 3.8) is 0 Å². The van der Waals surface area contributed by atoms with Crippen molar-refractivity contribution < 1.29 is 5.11 Å². The molecule has 0 saturated carbocycles. The summed E-state index contributed by atoms with van der Waals surface area (Å²) < 4.78 is 0. The number of nitrogens with zero attached hydrogens (tertiary/aromatic N) is 2. The number of fused-ring (bicyclic) bond motifs is 1. The van der Waals surface area contributed by atoms with Gasteiger partial charge in [-0.1, -0.05) is 30.7 Å². The molecule has 130 valence electrons. The summed E-state index contributed by atoms with van der Waals surface area (Å²) in [5.41, 5.74) is 7.42. The Morgan fingerprint density at radius 2 is 2.12 bits per heavy atom. The molecule has 0 bridgehead atoms. The number of aliphatic hydroxyl groups excluding tert-OH is 1. The molecule has 3 heteroatoms. The number of pyridine rings is 1. The second-order valence-corrected chi connectivity index (χ2v) is 7.33. The fourth-order valence-corrected chi connectivity index (χ4v) is 4.24. The van der Waals surface area contributed by atoms with E-state index in [1.165, 1.54) is 53.8 Å². The first kappa shape index (κ1) is 16.5. The van der Waals surface area contributed by atoms with Crippen LogP contribution >= 0.6 is 0 Å². The summed E-state index contributed by atoms with van der Waals surface area (Å²) >= 11 is 0. The maximum Gasteiger partial charge on any atom is 0.0682 e. The number of rotatable bonds is 4. The SMILES string of the molecule is CC1CCCCN1CC1=C(c2cccc(CO)c2)c2cccnc2C1. The van der Waals surface area contributed by atoms with E-state index in [1.54, 1.807) is 0 Å². The lowest BCUT2D eigenvalue weighted by atomic mass is 9.95. The Labute approximate surface area is 150 Å². The van der Waals surface area contributed by atoms with Crippen LogP contribution in [-0.2, 0) is 13.0 Å². The molecule has 25 heavy (non-hydrogen) atoms. The van der Waals surface area contributed by atoms with E-state index in [9.17, 15) is 5.11 Å². The molecule has 1 N–H and O–H groups in total. The van der Waals surface area contributed by atoms with Crippen LogP contribution in [0.25, 0.3) is 5.57 Å². The first-order valence-corrected chi connectivity index (χ1v) is 9.37. The van der Waals surface area contributed by atoms with Crippen molar-refractivity contribution in [2.75, 3.05) is 13.1 Å². The standard InChI is InChI=1S/C22H26N2O/c1-16-6-2-3-11-24(16)14-19-13-21-20(9-5-10-23-21)22(19)18-8-4-7-17(12-18)15-25/h4-5,7-10,12,16,25H,2-3,6,11,13-15H2,1H3. The third-order valence-corrected chi connectivity index (χ3v) is 5.63. The molecule has 0 amide bonds. The molecule has 1 saturated heterocycles. The Bertz CT molecular complexity index is 796. The molecule has 0 spiro atoms. The summed E-state index contributed by atoms with van der Waals surface area (Å²) in [6, 6.07) is 13.2. The van der Waals surface area contributed by atoms with E-state index in [1.807, 2.05) is 24.4 Å². The van der Waals surface area contributed by atoms with Gasteiger partial charge in [0.2, 0.25) is 0 Å². The van der Waals surface area contributed by atoms with Crippen molar-refractivity contribution in [3.05, 3.63) is 70.6 Å². The third-order valence-electron chi connectivity index (χ3n) is 5.63. The van der Waals surface area contributed by atoms with Crippen LogP contribution in [0, 0.1) is 0 Å². The van der Waals surface area contributed by atoms with Gasteiger partial charge in [-0.3, -0.25) is 9.88 Å². The molecule has 1 unspecified atom stereocenters. The number of benzene rings is 1. The van der Waals surface area contributed by atoms with E-state index in [0.29, 0.717) is 6.04 Å². The van der Waals surface area contributed by atoms with Crippen molar-refractivity contribution in [1.82, 2.24) is 9.88 Å². The lowest BCUT2D eigenvalue weighted by Crippen LogP contribution is -2.38. The van der Waals surface area contributed by atoms with E-state index in [0.717, 1.165) is 18.5 Å². The van der Waals surface area contributed by atoms with Crippen LogP contribution in [0.1, 0.15) is 48.6 Å². The Balaban J connectivity index is 1.74. The van der Waals surface area contributed by atoms with Gasteiger partial charge in [-0.2, -0.15) is 0 Å². The van der Waals surface area contributed by atoms with Crippen LogP contribution in [-0.4, -0.2) is 34.1 Å². The predicted molar refractivity (Wildman–Crippen MR) is 101 cm³/mol. The molecule has 1 fully saturated rings. The molecule has 4 rings (SSSR count). The lowest BCUT2D eigenvalue weighted by Gasteiger charge is -2.34. The normalized spacial score (nSPS) is 20.8. The summed E-state index contributed by atoms with van der Waals surface area (Å²) in [5.74, 6) is 0. The lowest BCUT2D eigenvalue weighted by molar-refractivity contribution is 0.174. The largest absolute Gasteiger partial charge is 0.392 e. The monoisotopic (exact) mass is 334 g/mol. The smallest absolute Gasteiger partial charge is 0.0682 e. The van der Waals surface area contributed by atoms with Gasteiger partial charge in [-0.15, -0.1) is 0 Å². The topological polar surface area (TPSA) is 36.4 Å². The van der Waals surface area contributed by atoms with Gasteiger partial charge in [-0.25, -0.2) is 0 Å². The van der Waals surface area contributed by atoms with Crippen LogP contribution in [0.3, 0.4) is 0 Å². The second-order valence-electron chi connectivity index (χ2n) is 7.33. The second kappa shape index (κ2) is 7.11. The van der Waals surface area contributed by atoms with E-state index < -0.39 is 0 Å². The highest BCUT2D eigenvalue weighted by atomic mass is 16.3. The quantitative estimate of drug-likeness (QED) is 0.924. The first-order chi connectivity index (χ1) is 12.3. The molecule has 0 radical (unpaired) electrons. The minimum Gasteiger partial charge on any atom is -0.392 e. The maximum atomic E-state index is 9.53. The van der Waals surface area contributed by atoms with Crippen molar-refractivity contribution in [3.8, 4) is 0 Å². The van der Waals surface area contributed by atoms with Gasteiger partial charge in [0.25, 0.3) is 0 Å². The van der Waals surface area contributed by atoms with Crippen LogP contribution in [0.4, 0.5) is 0 Å². The molecule has 1 aliphatic heterocycles. The Morgan fingerprint density at radius 3 is 2.96 bits per heavy atom. The van der Waals surface area contributed by atoms with Crippen LogP contribution in [0.15, 0.2) is 48.2 Å². The van der Waals surface area contributed by atoms with Gasteiger partial charge in [0.1, 0.15) is 0 Å². The molecule has 1 aromatic heterocycles. The van der Waals surface area contributed by atoms with Crippen molar-refractivity contribution in [2.45, 2.75) is 45.3 Å². The van der Waals surface area contributed by atoms with Gasteiger partial charge in [0.05, 0.1) is 12.3 Å². The zero-order valence-electron chi connectivity index (χ0n) is 14.9. The molecule has 3 nitrogen and oxygen atoms in total. The van der Waals surface area contributed by atoms with Crippen LogP contribution in [0.5, 0.6) is 0 Å². The highest BCUT2D eigenvalue weighted by Gasteiger charge is 2.27. The number of aromatic nitrogens is 1. The Kier molecular flexibility index (Phi) is 4.69. The summed E-state index contributed by atoms with van der Waals surface area (Å²) in [6.45, 7) is 4.65. The number of likely N-dealkylation sites (tertiary alicyclic amines) is 1. The number of piperidine rings is 1. The average Bonchev–Trinajstić information content (AvgIpc) is 3.01. The van der Waals surface area contributed by atoms with Gasteiger partial charge >= 0.3 is 0 Å². The minimum atomic E-state index is 0.0828. The van der Waals surface area contributed by atoms with Gasteiger partial charge in [0, 0.05) is 30.8 Å². The number of aliphatic hydroxyl groups is 1. The van der Waals surface area contributed by atoms with Crippen LogP contribution < -0.4 is 0 Å². The fraction of sp³-hybridized carbons (Fsp3) is 0.409. The number of hydrogen-bond donors (Lipinski definition) is 1. The van der Waals surface area contributed by atoms with Crippen molar-refractivity contribution in [1.29, 1.82) is 0 Å². The van der Waals surface area contributed by atoms with E-state index in [2.05, 4.69) is 35.0 Å². The molecule has 1 aromatic carbocycles. The number of hydrogen-bond acceptors (Lipinski definition) is 3. The third kappa shape index (κ3) is 3.26. The zero-order chi connectivity index (χ0) is 17.2. The molecule has 2 aliphatic rings. The summed E-state index contributed by atoms with van der Waals surface area (Å²) in [5, 5.41) is 9.53. The van der Waals surface area contributed by atoms with E-state index in [-0.39, 0.29) is 6.61 Å². The van der Waals surface area contributed by atoms with E-state index in [4.69, 9.17) is 0 Å². The van der Waals surface area contributed by atoms with Crippen LogP contribution in [0.2, 0.25) is 0 Å². The average molecular weight is 334 g/mol. The maximum absolute atomic E-state index is 9.53. The van der Waals surface area contributed by atoms with Gasteiger partial charge in [-0.05, 0) is 60.7 Å². The Hall–Kier alpha value is -1.97. The molecular weight excluding hydrogens is 308 g/mol. The fourth-order valence-electron chi connectivity index (χ4n) is 4.24. The Morgan fingerprint density at radius 1 is 1.20 bits per heavy atom. The highest BCUT2D eigenvalue weighted by Crippen LogP contribution is 2.37. The first-order valence-electron chi connectivity index (χ1n) is 9.37. The van der Waals surface area contributed by atoms with Gasteiger partial charge in [0.15, 0.2) is 0 Å². The van der Waals surface area contributed by atoms with Crippen molar-refractivity contribution in [2.24, 2.45) is 0 Å². The zero-order valence-corrected chi connectivity index (χ0v) is 14.9. The summed E-state index contributed by atoms with van der Waals surface area (Å²) in [6.07, 6.45) is 6.79. The summed E-state index contributed by atoms with van der Waals surface area (Å²) in [4.78, 5) is 7.26. The molecule has 1 atom stereocenters. The minimum absolute atomic E-state index is 0.0828. The van der Waals surface area contributed by atoms with Gasteiger partial charge < -0.3 is 5.11 Å². The molecule has 1 aliphatic carbocycles. The predicted octanol–water partition coefficient (Wildman–Crippen LogP) is 3.81. The molecule has 2 heterocycles. The highest BCUT2D eigenvalue weighted by molar-refractivity contribution is 5.87. The van der Waals surface area contributed by atoms with Crippen molar-refractivity contribution >= 4 is 5.57 Å².